The first-order chi connectivity index (χ1) is 14.2. The number of benzene rings is 2. The van der Waals surface area contributed by atoms with E-state index in [1.54, 1.807) is 7.11 Å². The summed E-state index contributed by atoms with van der Waals surface area (Å²) in [6, 6.07) is 19.4. The van der Waals surface area contributed by atoms with E-state index < -0.39 is 0 Å². The normalized spacial score (nSPS) is 20.3. The van der Waals surface area contributed by atoms with Gasteiger partial charge in [-0.3, -0.25) is 4.90 Å². The number of likely N-dealkylation sites (tertiary alicyclic amines) is 1. The number of fused-ring (bicyclic) bond motifs is 3. The Bertz CT molecular complexity index is 1020. The van der Waals surface area contributed by atoms with Crippen molar-refractivity contribution in [2.24, 2.45) is 11.8 Å². The van der Waals surface area contributed by atoms with E-state index in [9.17, 15) is 0 Å². The maximum Gasteiger partial charge on any atom is 0.119 e. The van der Waals surface area contributed by atoms with E-state index in [0.29, 0.717) is 5.92 Å². The van der Waals surface area contributed by atoms with Gasteiger partial charge in [-0.05, 0) is 68.1 Å². The summed E-state index contributed by atoms with van der Waals surface area (Å²) in [4.78, 5) is 3.76. The molecule has 0 bridgehead atoms. The highest BCUT2D eigenvalue weighted by molar-refractivity contribution is 7.80. The Morgan fingerprint density at radius 3 is 2.59 bits per heavy atom. The fourth-order valence-corrected chi connectivity index (χ4v) is 5.43. The van der Waals surface area contributed by atoms with E-state index >= 15 is 0 Å². The van der Waals surface area contributed by atoms with Gasteiger partial charge in [0.2, 0.25) is 0 Å². The zero-order valence-corrected chi connectivity index (χ0v) is 17.8. The van der Waals surface area contributed by atoms with Gasteiger partial charge in [0.1, 0.15) is 5.75 Å². The molecule has 1 atom stereocenters. The molecule has 0 amide bonds. The largest absolute Gasteiger partial charge is 0.497 e. The van der Waals surface area contributed by atoms with Crippen LogP contribution >= 0.6 is 12.2 Å². The van der Waals surface area contributed by atoms with E-state index in [4.69, 9.17) is 17.0 Å². The number of methoxy groups -OCH3 is 1. The summed E-state index contributed by atoms with van der Waals surface area (Å²) < 4.78 is 7.79. The van der Waals surface area contributed by atoms with Crippen LogP contribution in [-0.4, -0.2) is 34.5 Å². The monoisotopic (exact) mass is 404 g/mol. The van der Waals surface area contributed by atoms with Crippen LogP contribution in [0.2, 0.25) is 0 Å². The Labute approximate surface area is 178 Å². The Morgan fingerprint density at radius 1 is 1.03 bits per heavy atom. The third-order valence-corrected chi connectivity index (χ3v) is 7.25. The molecular weight excluding hydrogens is 376 g/mol. The van der Waals surface area contributed by atoms with Gasteiger partial charge in [0, 0.05) is 34.8 Å². The Kier molecular flexibility index (Phi) is 5.15. The van der Waals surface area contributed by atoms with Crippen molar-refractivity contribution in [3.05, 3.63) is 65.9 Å². The van der Waals surface area contributed by atoms with Crippen LogP contribution in [0.3, 0.4) is 0 Å². The van der Waals surface area contributed by atoms with Gasteiger partial charge in [-0.25, -0.2) is 0 Å². The van der Waals surface area contributed by atoms with Crippen LogP contribution in [0.1, 0.15) is 30.5 Å². The number of ether oxygens (including phenoxy) is 1. The predicted molar refractivity (Wildman–Crippen MR) is 123 cm³/mol. The number of piperidine rings is 1. The lowest BCUT2D eigenvalue weighted by molar-refractivity contribution is 0.166. The molecule has 0 spiro atoms. The molecule has 150 valence electrons. The molecule has 4 heteroatoms. The molecule has 3 aromatic rings. The summed E-state index contributed by atoms with van der Waals surface area (Å²) >= 11 is 5.91. The molecule has 3 heterocycles. The average Bonchev–Trinajstić information content (AvgIpc) is 3.26. The van der Waals surface area contributed by atoms with Crippen molar-refractivity contribution < 1.29 is 4.74 Å². The molecule has 1 aromatic heterocycles. The van der Waals surface area contributed by atoms with Gasteiger partial charge in [-0.2, -0.15) is 0 Å². The number of nitrogens with zero attached hydrogens (tertiary/aromatic N) is 2. The molecule has 0 radical (unpaired) electrons. The fourth-order valence-electron chi connectivity index (χ4n) is 5.10. The average molecular weight is 405 g/mol. The fraction of sp³-hybridized carbons (Fsp3) is 0.400. The molecule has 2 aliphatic rings. The lowest BCUT2D eigenvalue weighted by atomic mass is 9.86. The van der Waals surface area contributed by atoms with Crippen molar-refractivity contribution in [2.75, 3.05) is 20.2 Å². The molecule has 5 rings (SSSR count). The molecule has 0 N–H and O–H groups in total. The van der Waals surface area contributed by atoms with Gasteiger partial charge in [0.15, 0.2) is 0 Å². The minimum absolute atomic E-state index is 0.511. The van der Waals surface area contributed by atoms with Crippen LogP contribution < -0.4 is 4.74 Å². The van der Waals surface area contributed by atoms with Crippen LogP contribution in [0, 0.1) is 11.8 Å². The smallest absolute Gasteiger partial charge is 0.119 e. The number of hydrogen-bond acceptors (Lipinski definition) is 3. The van der Waals surface area contributed by atoms with Gasteiger partial charge in [-0.1, -0.05) is 42.5 Å². The molecule has 3 nitrogen and oxygen atoms in total. The molecule has 0 saturated carbocycles. The Balaban J connectivity index is 1.20. The Morgan fingerprint density at radius 2 is 1.83 bits per heavy atom. The van der Waals surface area contributed by atoms with Crippen molar-refractivity contribution in [1.82, 2.24) is 9.47 Å². The SMILES string of the molecule is COc1ccc2c(c1)cc1n2CC(CC2CCN(Cc3ccccc3)CC2)C1=S. The number of rotatable bonds is 5. The summed E-state index contributed by atoms with van der Waals surface area (Å²) in [7, 11) is 1.72. The second kappa shape index (κ2) is 7.92. The molecule has 1 fully saturated rings. The lowest BCUT2D eigenvalue weighted by Gasteiger charge is -2.33. The van der Waals surface area contributed by atoms with Crippen LogP contribution in [0.15, 0.2) is 54.6 Å². The highest BCUT2D eigenvalue weighted by Gasteiger charge is 2.32. The van der Waals surface area contributed by atoms with Gasteiger partial charge >= 0.3 is 0 Å². The third kappa shape index (κ3) is 3.72. The molecule has 1 saturated heterocycles. The van der Waals surface area contributed by atoms with Gasteiger partial charge in [0.25, 0.3) is 0 Å². The maximum absolute atomic E-state index is 5.91. The summed E-state index contributed by atoms with van der Waals surface area (Å²) in [5, 5.41) is 1.23. The molecule has 2 aliphatic heterocycles. The summed E-state index contributed by atoms with van der Waals surface area (Å²) in [5.74, 6) is 2.21. The minimum atomic E-state index is 0.511. The zero-order valence-electron chi connectivity index (χ0n) is 17.0. The molecular formula is C25H28N2OS. The number of aromatic nitrogens is 1. The summed E-state index contributed by atoms with van der Waals surface area (Å²) in [6.45, 7) is 4.52. The number of thiocarbonyl (C=S) groups is 1. The zero-order chi connectivity index (χ0) is 19.8. The summed E-state index contributed by atoms with van der Waals surface area (Å²) in [6.07, 6.45) is 3.81. The first-order valence-corrected chi connectivity index (χ1v) is 11.1. The Hall–Kier alpha value is -2.17. The van der Waals surface area contributed by atoms with Crippen molar-refractivity contribution in [1.29, 1.82) is 0 Å². The second-order valence-corrected chi connectivity index (χ2v) is 9.01. The second-order valence-electron chi connectivity index (χ2n) is 8.57. The topological polar surface area (TPSA) is 17.4 Å². The van der Waals surface area contributed by atoms with Crippen LogP contribution in [0.25, 0.3) is 10.9 Å². The first kappa shape index (κ1) is 18.8. The van der Waals surface area contributed by atoms with Gasteiger partial charge in [0.05, 0.1) is 12.8 Å². The number of hydrogen-bond donors (Lipinski definition) is 0. The molecule has 2 aromatic carbocycles. The maximum atomic E-state index is 5.91. The lowest BCUT2D eigenvalue weighted by Crippen LogP contribution is -2.34. The van der Waals surface area contributed by atoms with Gasteiger partial charge in [-0.15, -0.1) is 0 Å². The first-order valence-electron chi connectivity index (χ1n) is 10.7. The highest BCUT2D eigenvalue weighted by atomic mass is 32.1. The quantitative estimate of drug-likeness (QED) is 0.537. The van der Waals surface area contributed by atoms with E-state index in [1.807, 2.05) is 0 Å². The van der Waals surface area contributed by atoms with E-state index in [-0.39, 0.29) is 0 Å². The predicted octanol–water partition coefficient (Wildman–Crippen LogP) is 5.30. The van der Waals surface area contributed by atoms with Crippen molar-refractivity contribution in [3.63, 3.8) is 0 Å². The van der Waals surface area contributed by atoms with Crippen molar-refractivity contribution >= 4 is 28.0 Å². The van der Waals surface area contributed by atoms with Crippen LogP contribution in [0.5, 0.6) is 5.75 Å². The van der Waals surface area contributed by atoms with Crippen molar-refractivity contribution in [2.45, 2.75) is 32.4 Å². The highest BCUT2D eigenvalue weighted by Crippen LogP contribution is 2.36. The molecule has 0 aliphatic carbocycles. The van der Waals surface area contributed by atoms with Crippen LogP contribution in [0.4, 0.5) is 0 Å². The van der Waals surface area contributed by atoms with Crippen molar-refractivity contribution in [3.8, 4) is 5.75 Å². The minimum Gasteiger partial charge on any atom is -0.497 e. The van der Waals surface area contributed by atoms with Gasteiger partial charge < -0.3 is 9.30 Å². The third-order valence-electron chi connectivity index (χ3n) is 6.71. The molecule has 29 heavy (non-hydrogen) atoms. The van der Waals surface area contributed by atoms with E-state index in [1.165, 1.54) is 54.5 Å². The standard InChI is InChI=1S/C25H28N2OS/c1-28-22-7-8-23-20(14-22)15-24-25(29)21(17-27(23)24)13-18-9-11-26(12-10-18)16-19-5-3-2-4-6-19/h2-8,14-15,18,21H,9-13,16-17H2,1H3. The van der Waals surface area contributed by atoms with Crippen LogP contribution in [-0.2, 0) is 13.1 Å². The molecule has 1 unspecified atom stereocenters. The summed E-state index contributed by atoms with van der Waals surface area (Å²) in [5.41, 5.74) is 3.95. The van der Waals surface area contributed by atoms with E-state index in [2.05, 4.69) is 64.1 Å². The van der Waals surface area contributed by atoms with E-state index in [0.717, 1.165) is 29.6 Å².